The minimum Gasteiger partial charge on any atom is -0.457 e. The van der Waals surface area contributed by atoms with E-state index in [1.165, 1.54) is 0 Å². The van der Waals surface area contributed by atoms with Gasteiger partial charge in [0.15, 0.2) is 0 Å². The molecule has 18 heavy (non-hydrogen) atoms. The van der Waals surface area contributed by atoms with E-state index in [-0.39, 0.29) is 13.2 Å². The summed E-state index contributed by atoms with van der Waals surface area (Å²) in [5.41, 5.74) is 1.51. The van der Waals surface area contributed by atoms with E-state index in [0.29, 0.717) is 23.6 Å². The molecule has 2 aromatic rings. The zero-order valence-electron chi connectivity index (χ0n) is 9.91. The molecule has 0 unspecified atom stereocenters. The maximum Gasteiger partial charge on any atom is 0.130 e. The topological polar surface area (TPSA) is 62.6 Å². The molecular weight excluding hydrogens is 230 g/mol. The van der Waals surface area contributed by atoms with Crippen LogP contribution >= 0.6 is 0 Å². The molecule has 2 N–H and O–H groups in total. The zero-order chi connectivity index (χ0) is 12.8. The van der Waals surface area contributed by atoms with E-state index in [1.54, 1.807) is 18.3 Å². The molecule has 0 aliphatic heterocycles. The van der Waals surface area contributed by atoms with Crippen LogP contribution in [0.25, 0.3) is 0 Å². The van der Waals surface area contributed by atoms with Crippen LogP contribution in [-0.4, -0.2) is 21.8 Å². The summed E-state index contributed by atoms with van der Waals surface area (Å²) < 4.78 is 5.74. The molecule has 0 radical (unpaired) electrons. The lowest BCUT2D eigenvalue weighted by atomic mass is 10.1. The lowest BCUT2D eigenvalue weighted by molar-refractivity contribution is 0.276. The van der Waals surface area contributed by atoms with Crippen LogP contribution in [0.2, 0.25) is 0 Å². The number of rotatable bonds is 5. The first kappa shape index (κ1) is 12.5. The second-order valence-electron chi connectivity index (χ2n) is 3.82. The van der Waals surface area contributed by atoms with Crippen molar-refractivity contribution in [2.75, 3.05) is 6.61 Å². The molecule has 2 rings (SSSR count). The number of hydrogen-bond acceptors (Lipinski definition) is 4. The van der Waals surface area contributed by atoms with Gasteiger partial charge < -0.3 is 14.9 Å². The molecule has 4 heteroatoms. The Labute approximate surface area is 106 Å². The predicted octanol–water partition coefficient (Wildman–Crippen LogP) is 1.90. The van der Waals surface area contributed by atoms with Crippen LogP contribution in [0.4, 0.5) is 0 Å². The quantitative estimate of drug-likeness (QED) is 0.844. The van der Waals surface area contributed by atoms with Crippen LogP contribution < -0.4 is 4.74 Å². The van der Waals surface area contributed by atoms with E-state index in [9.17, 15) is 0 Å². The third-order valence-electron chi connectivity index (χ3n) is 2.53. The van der Waals surface area contributed by atoms with Crippen molar-refractivity contribution in [3.8, 4) is 11.5 Å². The average molecular weight is 245 g/mol. The number of aliphatic hydroxyl groups is 2. The van der Waals surface area contributed by atoms with Gasteiger partial charge in [0.1, 0.15) is 11.5 Å². The van der Waals surface area contributed by atoms with Crippen LogP contribution in [0.3, 0.4) is 0 Å². The van der Waals surface area contributed by atoms with Crippen LogP contribution in [0, 0.1) is 0 Å². The van der Waals surface area contributed by atoms with Crippen LogP contribution in [0.1, 0.15) is 11.3 Å². The van der Waals surface area contributed by atoms with E-state index in [1.807, 2.05) is 24.3 Å². The lowest BCUT2D eigenvalue weighted by Gasteiger charge is -2.10. The highest BCUT2D eigenvalue weighted by molar-refractivity contribution is 5.38. The van der Waals surface area contributed by atoms with Crippen molar-refractivity contribution in [3.05, 3.63) is 53.9 Å². The first-order chi connectivity index (χ1) is 8.83. The number of pyridine rings is 1. The highest BCUT2D eigenvalue weighted by atomic mass is 16.5. The molecule has 0 fully saturated rings. The molecule has 0 spiro atoms. The smallest absolute Gasteiger partial charge is 0.130 e. The lowest BCUT2D eigenvalue weighted by Crippen LogP contribution is -1.96. The van der Waals surface area contributed by atoms with Crippen molar-refractivity contribution in [3.63, 3.8) is 0 Å². The molecule has 4 nitrogen and oxygen atoms in total. The second-order valence-corrected chi connectivity index (χ2v) is 3.82. The van der Waals surface area contributed by atoms with Gasteiger partial charge >= 0.3 is 0 Å². The summed E-state index contributed by atoms with van der Waals surface area (Å²) in [6.07, 6.45) is 2.14. The van der Waals surface area contributed by atoms with Gasteiger partial charge in [-0.05, 0) is 24.1 Å². The summed E-state index contributed by atoms with van der Waals surface area (Å²) in [5, 5.41) is 18.0. The number of hydrogen-bond donors (Lipinski definition) is 2. The summed E-state index contributed by atoms with van der Waals surface area (Å²) in [6.45, 7) is -0.0336. The van der Waals surface area contributed by atoms with Crippen molar-refractivity contribution in [2.45, 2.75) is 13.0 Å². The molecular formula is C14H15NO3. The number of para-hydroxylation sites is 1. The normalized spacial score (nSPS) is 10.3. The van der Waals surface area contributed by atoms with Crippen molar-refractivity contribution in [2.24, 2.45) is 0 Å². The Bertz CT molecular complexity index is 514. The van der Waals surface area contributed by atoms with Gasteiger partial charge in [0.05, 0.1) is 12.3 Å². The average Bonchev–Trinajstić information content (AvgIpc) is 2.41. The van der Waals surface area contributed by atoms with E-state index in [4.69, 9.17) is 14.9 Å². The zero-order valence-corrected chi connectivity index (χ0v) is 9.91. The number of ether oxygens (including phenoxy) is 1. The SMILES string of the molecule is OCCc1ccccc1Oc1ccnc(CO)c1. The molecule has 94 valence electrons. The molecule has 0 amide bonds. The summed E-state index contributed by atoms with van der Waals surface area (Å²) in [7, 11) is 0. The number of benzene rings is 1. The number of aromatic nitrogens is 1. The minimum atomic E-state index is -0.116. The van der Waals surface area contributed by atoms with Crippen molar-refractivity contribution in [1.29, 1.82) is 0 Å². The van der Waals surface area contributed by atoms with E-state index in [2.05, 4.69) is 4.98 Å². The molecule has 1 aromatic carbocycles. The van der Waals surface area contributed by atoms with Gasteiger partial charge in [-0.25, -0.2) is 0 Å². The van der Waals surface area contributed by atoms with Crippen molar-refractivity contribution >= 4 is 0 Å². The standard InChI is InChI=1S/C14H15NO3/c16-8-6-11-3-1-2-4-14(11)18-13-5-7-15-12(9-13)10-17/h1-5,7,9,16-17H,6,8,10H2. The van der Waals surface area contributed by atoms with Crippen molar-refractivity contribution in [1.82, 2.24) is 4.98 Å². The largest absolute Gasteiger partial charge is 0.457 e. The predicted molar refractivity (Wildman–Crippen MR) is 67.5 cm³/mol. The first-order valence-corrected chi connectivity index (χ1v) is 5.76. The van der Waals surface area contributed by atoms with Crippen LogP contribution in [-0.2, 0) is 13.0 Å². The fraction of sp³-hybridized carbons (Fsp3) is 0.214. The molecule has 0 bridgehead atoms. The number of nitrogens with zero attached hydrogens (tertiary/aromatic N) is 1. The van der Waals surface area contributed by atoms with Crippen LogP contribution in [0.5, 0.6) is 11.5 Å². The summed E-state index contributed by atoms with van der Waals surface area (Å²) in [4.78, 5) is 3.99. The van der Waals surface area contributed by atoms with E-state index in [0.717, 1.165) is 5.56 Å². The Balaban J connectivity index is 2.22. The fourth-order valence-corrected chi connectivity index (χ4v) is 1.66. The molecule has 0 saturated carbocycles. The summed E-state index contributed by atoms with van der Waals surface area (Å²) in [5.74, 6) is 1.33. The van der Waals surface area contributed by atoms with Gasteiger partial charge in [-0.1, -0.05) is 18.2 Å². The van der Waals surface area contributed by atoms with Crippen LogP contribution in [0.15, 0.2) is 42.6 Å². The molecule has 0 aliphatic carbocycles. The van der Waals surface area contributed by atoms with Gasteiger partial charge in [-0.2, -0.15) is 0 Å². The fourth-order valence-electron chi connectivity index (χ4n) is 1.66. The molecule has 1 heterocycles. The molecule has 1 aromatic heterocycles. The van der Waals surface area contributed by atoms with Gasteiger partial charge in [0.2, 0.25) is 0 Å². The van der Waals surface area contributed by atoms with Gasteiger partial charge in [-0.15, -0.1) is 0 Å². The van der Waals surface area contributed by atoms with Gasteiger partial charge in [0, 0.05) is 18.9 Å². The second kappa shape index (κ2) is 6.14. The minimum absolute atomic E-state index is 0.0820. The highest BCUT2D eigenvalue weighted by Crippen LogP contribution is 2.25. The van der Waals surface area contributed by atoms with Gasteiger partial charge in [-0.3, -0.25) is 4.98 Å². The third kappa shape index (κ3) is 3.06. The Morgan fingerprint density at radius 3 is 2.72 bits per heavy atom. The monoisotopic (exact) mass is 245 g/mol. The summed E-state index contributed by atoms with van der Waals surface area (Å²) in [6, 6.07) is 11.0. The maximum absolute atomic E-state index is 9.02. The Morgan fingerprint density at radius 2 is 1.94 bits per heavy atom. The highest BCUT2D eigenvalue weighted by Gasteiger charge is 2.04. The van der Waals surface area contributed by atoms with Gasteiger partial charge in [0.25, 0.3) is 0 Å². The summed E-state index contributed by atoms with van der Waals surface area (Å²) >= 11 is 0. The van der Waals surface area contributed by atoms with E-state index >= 15 is 0 Å². The van der Waals surface area contributed by atoms with Crippen molar-refractivity contribution < 1.29 is 14.9 Å². The molecule has 0 atom stereocenters. The first-order valence-electron chi connectivity index (χ1n) is 5.76. The Morgan fingerprint density at radius 1 is 1.11 bits per heavy atom. The molecule has 0 saturated heterocycles. The maximum atomic E-state index is 9.02. The third-order valence-corrected chi connectivity index (χ3v) is 2.53. The number of aliphatic hydroxyl groups excluding tert-OH is 2. The Hall–Kier alpha value is -1.91. The van der Waals surface area contributed by atoms with E-state index < -0.39 is 0 Å². The Kier molecular flexibility index (Phi) is 4.28. The molecule has 0 aliphatic rings.